The van der Waals surface area contributed by atoms with E-state index in [1.54, 1.807) is 25.1 Å². The van der Waals surface area contributed by atoms with Gasteiger partial charge in [0.1, 0.15) is 17.4 Å². The molecule has 1 heterocycles. The molecule has 0 saturated carbocycles. The summed E-state index contributed by atoms with van der Waals surface area (Å²) in [6.45, 7) is 1.97. The highest BCUT2D eigenvalue weighted by atomic mass is 35.5. The molecule has 1 aromatic rings. The average Bonchev–Trinajstić information content (AvgIpc) is 2.49. The number of nitrogens with zero attached hydrogens (tertiary/aromatic N) is 1. The van der Waals surface area contributed by atoms with Crippen LogP contribution >= 0.6 is 35.0 Å². The van der Waals surface area contributed by atoms with Crippen LogP contribution in [0.5, 0.6) is 0 Å². The summed E-state index contributed by atoms with van der Waals surface area (Å²) in [4.78, 5) is 16.7. The molecule has 0 fully saturated rings. The molecule has 22 heavy (non-hydrogen) atoms. The van der Waals surface area contributed by atoms with Crippen LogP contribution in [0.1, 0.15) is 18.5 Å². The minimum Gasteiger partial charge on any atom is -0.462 e. The lowest BCUT2D eigenvalue weighted by molar-refractivity contribution is -0.138. The molecule has 118 valence electrons. The number of carbonyl (C=O) groups is 1. The van der Waals surface area contributed by atoms with Crippen LogP contribution in [0.25, 0.3) is 0 Å². The van der Waals surface area contributed by atoms with Crippen LogP contribution in [0.3, 0.4) is 0 Å². The number of esters is 1. The summed E-state index contributed by atoms with van der Waals surface area (Å²) in [5.74, 6) is -0.323. The highest BCUT2D eigenvalue weighted by molar-refractivity contribution is 8.13. The van der Waals surface area contributed by atoms with Gasteiger partial charge < -0.3 is 15.8 Å². The molecule has 8 heteroatoms. The summed E-state index contributed by atoms with van der Waals surface area (Å²) >= 11 is 13.7. The van der Waals surface area contributed by atoms with Crippen molar-refractivity contribution in [3.8, 4) is 0 Å². The Balaban J connectivity index is 2.55. The Morgan fingerprint density at radius 2 is 2.23 bits per heavy atom. The number of rotatable bonds is 3. The molecular formula is C14H15Cl2N3O2S. The highest BCUT2D eigenvalue weighted by Crippen LogP contribution is 2.38. The van der Waals surface area contributed by atoms with Crippen molar-refractivity contribution >= 4 is 46.1 Å². The number of carbonyl (C=O) groups excluding carboxylic acids is 1. The summed E-state index contributed by atoms with van der Waals surface area (Å²) in [5.41, 5.74) is 6.82. The molecule has 1 aliphatic heterocycles. The lowest BCUT2D eigenvalue weighted by Gasteiger charge is -2.25. The maximum atomic E-state index is 12.2. The van der Waals surface area contributed by atoms with Crippen LogP contribution in [-0.2, 0) is 9.53 Å². The predicted molar refractivity (Wildman–Crippen MR) is 91.1 cm³/mol. The standard InChI is InChI=1S/C14H15Cl2N3O2S/c1-3-21-13(20)9-11(18-14(22-2)19-12(9)17)7-5-4-6-8(15)10(7)16/h4-6,11H,3,17H2,1-2H3,(H,18,19). The molecular weight excluding hydrogens is 345 g/mol. The van der Waals surface area contributed by atoms with Gasteiger partial charge in [0.25, 0.3) is 0 Å². The summed E-state index contributed by atoms with van der Waals surface area (Å²) in [6.07, 6.45) is 1.85. The van der Waals surface area contributed by atoms with Crippen molar-refractivity contribution in [1.82, 2.24) is 5.32 Å². The number of thioether (sulfide) groups is 1. The van der Waals surface area contributed by atoms with Crippen LogP contribution in [0.2, 0.25) is 10.0 Å². The molecule has 0 amide bonds. The number of amidine groups is 1. The average molecular weight is 360 g/mol. The van der Waals surface area contributed by atoms with E-state index in [1.165, 1.54) is 11.8 Å². The molecule has 0 aliphatic carbocycles. The third-order valence-electron chi connectivity index (χ3n) is 3.02. The van der Waals surface area contributed by atoms with Gasteiger partial charge in [-0.15, -0.1) is 0 Å². The molecule has 1 unspecified atom stereocenters. The van der Waals surface area contributed by atoms with E-state index >= 15 is 0 Å². The van der Waals surface area contributed by atoms with Gasteiger partial charge in [0, 0.05) is 5.56 Å². The lowest BCUT2D eigenvalue weighted by atomic mass is 9.98. The number of ether oxygens (including phenoxy) is 1. The van der Waals surface area contributed by atoms with Gasteiger partial charge in [-0.2, -0.15) is 0 Å². The molecule has 0 spiro atoms. The van der Waals surface area contributed by atoms with Crippen molar-refractivity contribution in [2.75, 3.05) is 12.9 Å². The second-order valence-electron chi connectivity index (χ2n) is 4.36. The molecule has 5 nitrogen and oxygen atoms in total. The first-order valence-electron chi connectivity index (χ1n) is 6.49. The second kappa shape index (κ2) is 7.26. The third kappa shape index (κ3) is 3.34. The van der Waals surface area contributed by atoms with Gasteiger partial charge in [-0.05, 0) is 19.2 Å². The van der Waals surface area contributed by atoms with E-state index in [1.807, 2.05) is 6.26 Å². The summed E-state index contributed by atoms with van der Waals surface area (Å²) in [7, 11) is 0. The second-order valence-corrected chi connectivity index (χ2v) is 5.94. The Morgan fingerprint density at radius 3 is 2.86 bits per heavy atom. The van der Waals surface area contributed by atoms with Crippen molar-refractivity contribution in [3.63, 3.8) is 0 Å². The van der Waals surface area contributed by atoms with Gasteiger partial charge in [-0.3, -0.25) is 0 Å². The first-order chi connectivity index (χ1) is 10.5. The van der Waals surface area contributed by atoms with Crippen molar-refractivity contribution in [2.45, 2.75) is 13.0 Å². The van der Waals surface area contributed by atoms with E-state index in [-0.39, 0.29) is 18.0 Å². The van der Waals surface area contributed by atoms with Gasteiger partial charge >= 0.3 is 5.97 Å². The molecule has 3 N–H and O–H groups in total. The fourth-order valence-corrected chi connectivity index (χ4v) is 2.87. The number of benzene rings is 1. The Hall–Kier alpha value is -1.37. The zero-order valence-corrected chi connectivity index (χ0v) is 14.4. The molecule has 1 aliphatic rings. The van der Waals surface area contributed by atoms with Gasteiger partial charge in [-0.25, -0.2) is 9.79 Å². The van der Waals surface area contributed by atoms with Gasteiger partial charge in [0.05, 0.1) is 16.7 Å². The summed E-state index contributed by atoms with van der Waals surface area (Å²) < 4.78 is 5.07. The van der Waals surface area contributed by atoms with Crippen LogP contribution in [0.15, 0.2) is 34.6 Å². The Morgan fingerprint density at radius 1 is 1.50 bits per heavy atom. The van der Waals surface area contributed by atoms with Gasteiger partial charge in [0.2, 0.25) is 0 Å². The van der Waals surface area contributed by atoms with Crippen molar-refractivity contribution in [3.05, 3.63) is 45.2 Å². The highest BCUT2D eigenvalue weighted by Gasteiger charge is 2.32. The molecule has 2 rings (SSSR count). The van der Waals surface area contributed by atoms with Gasteiger partial charge in [-0.1, -0.05) is 47.1 Å². The number of nitrogens with one attached hydrogen (secondary N) is 1. The minimum atomic E-state index is -0.658. The van der Waals surface area contributed by atoms with E-state index in [4.69, 9.17) is 33.7 Å². The Kier molecular flexibility index (Phi) is 5.61. The first kappa shape index (κ1) is 17.0. The van der Waals surface area contributed by atoms with Crippen molar-refractivity contribution in [2.24, 2.45) is 10.7 Å². The van der Waals surface area contributed by atoms with E-state index in [0.717, 1.165) is 0 Å². The number of nitrogens with two attached hydrogens (primary N) is 1. The predicted octanol–water partition coefficient (Wildman–Crippen LogP) is 3.09. The maximum absolute atomic E-state index is 12.2. The summed E-state index contributed by atoms with van der Waals surface area (Å²) in [6, 6.07) is 4.52. The van der Waals surface area contributed by atoms with Crippen LogP contribution in [0, 0.1) is 0 Å². The smallest absolute Gasteiger partial charge is 0.340 e. The van der Waals surface area contributed by atoms with Crippen LogP contribution in [-0.4, -0.2) is 24.0 Å². The molecule has 0 saturated heterocycles. The quantitative estimate of drug-likeness (QED) is 0.810. The zero-order chi connectivity index (χ0) is 16.3. The molecule has 0 bridgehead atoms. The van der Waals surface area contributed by atoms with E-state index in [0.29, 0.717) is 20.8 Å². The number of halogens is 2. The zero-order valence-electron chi connectivity index (χ0n) is 12.0. The largest absolute Gasteiger partial charge is 0.462 e. The number of hydrogen-bond donors (Lipinski definition) is 2. The number of hydrogen-bond acceptors (Lipinski definition) is 6. The molecule has 0 aromatic heterocycles. The fraction of sp³-hybridized carbons (Fsp3) is 0.286. The van der Waals surface area contributed by atoms with Crippen molar-refractivity contribution < 1.29 is 9.53 Å². The first-order valence-corrected chi connectivity index (χ1v) is 8.47. The molecule has 0 radical (unpaired) electrons. The number of aliphatic imine (C=N–C) groups is 1. The van der Waals surface area contributed by atoms with Crippen LogP contribution in [0.4, 0.5) is 0 Å². The van der Waals surface area contributed by atoms with Crippen molar-refractivity contribution in [1.29, 1.82) is 0 Å². The third-order valence-corrected chi connectivity index (χ3v) is 4.44. The van der Waals surface area contributed by atoms with Gasteiger partial charge in [0.15, 0.2) is 5.17 Å². The molecule has 1 atom stereocenters. The topological polar surface area (TPSA) is 76.7 Å². The Labute approximate surface area is 142 Å². The Bertz CT molecular complexity index is 661. The van der Waals surface area contributed by atoms with E-state index < -0.39 is 12.0 Å². The monoisotopic (exact) mass is 359 g/mol. The SMILES string of the molecule is CCOC(=O)C1=C(N)NC(SC)=NC1c1cccc(Cl)c1Cl. The van der Waals surface area contributed by atoms with Crippen LogP contribution < -0.4 is 11.1 Å². The van der Waals surface area contributed by atoms with E-state index in [2.05, 4.69) is 10.3 Å². The lowest BCUT2D eigenvalue weighted by Crippen LogP contribution is -2.35. The normalized spacial score (nSPS) is 17.8. The maximum Gasteiger partial charge on any atom is 0.340 e. The van der Waals surface area contributed by atoms with E-state index in [9.17, 15) is 4.79 Å². The molecule has 1 aromatic carbocycles. The fourth-order valence-electron chi connectivity index (χ4n) is 2.03. The summed E-state index contributed by atoms with van der Waals surface area (Å²) in [5, 5.41) is 4.20. The minimum absolute atomic E-state index is 0.207.